The summed E-state index contributed by atoms with van der Waals surface area (Å²) in [5.41, 5.74) is 0. The Morgan fingerprint density at radius 1 is 1.38 bits per heavy atom. The van der Waals surface area contributed by atoms with E-state index in [9.17, 15) is 0 Å². The van der Waals surface area contributed by atoms with Gasteiger partial charge in [0.05, 0.1) is 12.2 Å². The second kappa shape index (κ2) is 7.61. The van der Waals surface area contributed by atoms with E-state index < -0.39 is 0 Å². The average Bonchev–Trinajstić information content (AvgIpc) is 2.98. The fourth-order valence-electron chi connectivity index (χ4n) is 1.97. The SMILES string of the molecule is CCCNc1ncc(Cl)c(NC(c2cccs2)C(C)C)n1. The molecule has 0 saturated heterocycles. The summed E-state index contributed by atoms with van der Waals surface area (Å²) in [5, 5.41) is 9.26. The monoisotopic (exact) mass is 324 g/mol. The second-order valence-electron chi connectivity index (χ2n) is 5.20. The largest absolute Gasteiger partial charge is 0.361 e. The number of thiophene rings is 1. The minimum atomic E-state index is 0.191. The van der Waals surface area contributed by atoms with Crippen LogP contribution < -0.4 is 10.6 Å². The summed E-state index contributed by atoms with van der Waals surface area (Å²) in [6.07, 6.45) is 2.67. The van der Waals surface area contributed by atoms with Gasteiger partial charge in [0.15, 0.2) is 5.82 Å². The van der Waals surface area contributed by atoms with E-state index >= 15 is 0 Å². The number of hydrogen-bond donors (Lipinski definition) is 2. The van der Waals surface area contributed by atoms with Gasteiger partial charge in [-0.3, -0.25) is 0 Å². The van der Waals surface area contributed by atoms with Gasteiger partial charge in [-0.2, -0.15) is 4.98 Å². The molecule has 0 aliphatic rings. The van der Waals surface area contributed by atoms with Crippen LogP contribution in [0.5, 0.6) is 0 Å². The molecule has 0 fully saturated rings. The predicted molar refractivity (Wildman–Crippen MR) is 91.3 cm³/mol. The summed E-state index contributed by atoms with van der Waals surface area (Å²) in [6, 6.07) is 4.39. The van der Waals surface area contributed by atoms with Crippen molar-refractivity contribution in [3.8, 4) is 0 Å². The Morgan fingerprint density at radius 3 is 2.81 bits per heavy atom. The molecule has 0 aliphatic heterocycles. The lowest BCUT2D eigenvalue weighted by Crippen LogP contribution is -2.17. The first-order chi connectivity index (χ1) is 10.1. The third-order valence-corrected chi connectivity index (χ3v) is 4.32. The van der Waals surface area contributed by atoms with Gasteiger partial charge in [0.2, 0.25) is 5.95 Å². The molecule has 0 saturated carbocycles. The van der Waals surface area contributed by atoms with Crippen LogP contribution in [0.25, 0.3) is 0 Å². The normalized spacial score (nSPS) is 12.4. The zero-order chi connectivity index (χ0) is 15.2. The van der Waals surface area contributed by atoms with Crippen LogP contribution in [0.15, 0.2) is 23.7 Å². The minimum absolute atomic E-state index is 0.191. The third-order valence-electron chi connectivity index (χ3n) is 3.09. The van der Waals surface area contributed by atoms with Crippen LogP contribution in [0.3, 0.4) is 0 Å². The zero-order valence-electron chi connectivity index (χ0n) is 12.6. The van der Waals surface area contributed by atoms with Gasteiger partial charge in [-0.25, -0.2) is 4.98 Å². The van der Waals surface area contributed by atoms with Crippen molar-refractivity contribution in [3.63, 3.8) is 0 Å². The maximum absolute atomic E-state index is 6.23. The number of hydrogen-bond acceptors (Lipinski definition) is 5. The Labute approximate surface area is 135 Å². The van der Waals surface area contributed by atoms with Gasteiger partial charge in [0.1, 0.15) is 5.02 Å². The molecule has 1 unspecified atom stereocenters. The molecule has 21 heavy (non-hydrogen) atoms. The van der Waals surface area contributed by atoms with Crippen LogP contribution in [-0.4, -0.2) is 16.5 Å². The molecule has 0 bridgehead atoms. The lowest BCUT2D eigenvalue weighted by atomic mass is 10.0. The number of nitrogens with one attached hydrogen (secondary N) is 2. The van der Waals surface area contributed by atoms with E-state index in [0.717, 1.165) is 13.0 Å². The second-order valence-corrected chi connectivity index (χ2v) is 6.58. The van der Waals surface area contributed by atoms with Crippen molar-refractivity contribution in [1.82, 2.24) is 9.97 Å². The Balaban J connectivity index is 2.20. The molecule has 114 valence electrons. The van der Waals surface area contributed by atoms with E-state index in [0.29, 0.717) is 22.7 Å². The number of nitrogens with zero attached hydrogens (tertiary/aromatic N) is 2. The lowest BCUT2D eigenvalue weighted by Gasteiger charge is -2.22. The first-order valence-corrected chi connectivity index (χ1v) is 8.44. The molecule has 2 rings (SSSR count). The fraction of sp³-hybridized carbons (Fsp3) is 0.467. The van der Waals surface area contributed by atoms with Crippen molar-refractivity contribution >= 4 is 34.7 Å². The molecule has 0 aliphatic carbocycles. The van der Waals surface area contributed by atoms with Crippen molar-refractivity contribution in [2.75, 3.05) is 17.2 Å². The quantitative estimate of drug-likeness (QED) is 0.766. The third kappa shape index (κ3) is 4.32. The van der Waals surface area contributed by atoms with Gasteiger partial charge in [0.25, 0.3) is 0 Å². The summed E-state index contributed by atoms with van der Waals surface area (Å²) < 4.78 is 0. The van der Waals surface area contributed by atoms with Crippen molar-refractivity contribution in [1.29, 1.82) is 0 Å². The van der Waals surface area contributed by atoms with E-state index in [4.69, 9.17) is 11.6 Å². The standard InChI is InChI=1S/C15H21ClN4S/c1-4-7-17-15-18-9-11(16)14(20-15)19-13(10(2)3)12-6-5-8-21-12/h5-6,8-10,13H,4,7H2,1-3H3,(H2,17,18,19,20). The van der Waals surface area contributed by atoms with Crippen LogP contribution in [0.4, 0.5) is 11.8 Å². The highest BCUT2D eigenvalue weighted by molar-refractivity contribution is 7.10. The summed E-state index contributed by atoms with van der Waals surface area (Å²) in [6.45, 7) is 7.32. The highest BCUT2D eigenvalue weighted by Gasteiger charge is 2.19. The Kier molecular flexibility index (Phi) is 5.82. The van der Waals surface area contributed by atoms with Crippen LogP contribution >= 0.6 is 22.9 Å². The molecule has 2 aromatic rings. The minimum Gasteiger partial charge on any atom is -0.361 e. The van der Waals surface area contributed by atoms with Crippen LogP contribution in [0, 0.1) is 5.92 Å². The average molecular weight is 325 g/mol. The first kappa shape index (κ1) is 16.0. The number of aromatic nitrogens is 2. The molecule has 2 N–H and O–H groups in total. The molecule has 0 aromatic carbocycles. The summed E-state index contributed by atoms with van der Waals surface area (Å²) >= 11 is 7.97. The van der Waals surface area contributed by atoms with E-state index in [2.05, 4.69) is 58.9 Å². The molecule has 4 nitrogen and oxygen atoms in total. The molecular weight excluding hydrogens is 304 g/mol. The number of anilines is 2. The van der Waals surface area contributed by atoms with Crippen molar-refractivity contribution in [3.05, 3.63) is 33.6 Å². The van der Waals surface area contributed by atoms with Crippen LogP contribution in [0.1, 0.15) is 38.1 Å². The Hall–Kier alpha value is -1.33. The molecule has 0 spiro atoms. The topological polar surface area (TPSA) is 49.8 Å². The molecule has 1 atom stereocenters. The highest BCUT2D eigenvalue weighted by atomic mass is 35.5. The van der Waals surface area contributed by atoms with E-state index in [1.807, 2.05) is 0 Å². The molecular formula is C15H21ClN4S. The number of rotatable bonds is 7. The van der Waals surface area contributed by atoms with Gasteiger partial charge in [0, 0.05) is 11.4 Å². The zero-order valence-corrected chi connectivity index (χ0v) is 14.1. The maximum Gasteiger partial charge on any atom is 0.224 e. The molecule has 0 radical (unpaired) electrons. The molecule has 2 aromatic heterocycles. The summed E-state index contributed by atoms with van der Waals surface area (Å²) in [7, 11) is 0. The van der Waals surface area contributed by atoms with E-state index in [-0.39, 0.29) is 6.04 Å². The molecule has 6 heteroatoms. The predicted octanol–water partition coefficient (Wildman–Crippen LogP) is 4.82. The lowest BCUT2D eigenvalue weighted by molar-refractivity contribution is 0.552. The van der Waals surface area contributed by atoms with Crippen LogP contribution in [-0.2, 0) is 0 Å². The van der Waals surface area contributed by atoms with Gasteiger partial charge < -0.3 is 10.6 Å². The fourth-order valence-corrected chi connectivity index (χ4v) is 3.07. The number of halogens is 1. The first-order valence-electron chi connectivity index (χ1n) is 7.18. The smallest absolute Gasteiger partial charge is 0.224 e. The Morgan fingerprint density at radius 2 is 2.19 bits per heavy atom. The van der Waals surface area contributed by atoms with Crippen molar-refractivity contribution in [2.45, 2.75) is 33.2 Å². The maximum atomic E-state index is 6.23. The van der Waals surface area contributed by atoms with Gasteiger partial charge in [-0.15, -0.1) is 11.3 Å². The summed E-state index contributed by atoms with van der Waals surface area (Å²) in [4.78, 5) is 9.96. The van der Waals surface area contributed by atoms with Gasteiger partial charge >= 0.3 is 0 Å². The van der Waals surface area contributed by atoms with Crippen molar-refractivity contribution < 1.29 is 0 Å². The summed E-state index contributed by atoms with van der Waals surface area (Å²) in [5.74, 6) is 1.72. The molecule has 2 heterocycles. The van der Waals surface area contributed by atoms with E-state index in [1.54, 1.807) is 17.5 Å². The Bertz CT molecular complexity index is 557. The van der Waals surface area contributed by atoms with Gasteiger partial charge in [-0.05, 0) is 23.8 Å². The van der Waals surface area contributed by atoms with Gasteiger partial charge in [-0.1, -0.05) is 38.4 Å². The highest BCUT2D eigenvalue weighted by Crippen LogP contribution is 2.31. The van der Waals surface area contributed by atoms with Crippen LogP contribution in [0.2, 0.25) is 5.02 Å². The molecule has 0 amide bonds. The van der Waals surface area contributed by atoms with Crippen molar-refractivity contribution in [2.24, 2.45) is 5.92 Å². The van der Waals surface area contributed by atoms with E-state index in [1.165, 1.54) is 4.88 Å².